The van der Waals surface area contributed by atoms with Crippen LogP contribution in [0.25, 0.3) is 0 Å². The van der Waals surface area contributed by atoms with Gasteiger partial charge >= 0.3 is 0 Å². The van der Waals surface area contributed by atoms with Gasteiger partial charge in [0.05, 0.1) is 0 Å². The number of hydrogen-bond donors (Lipinski definition) is 1. The van der Waals surface area contributed by atoms with Crippen LogP contribution in [0.3, 0.4) is 0 Å². The normalized spacial score (nSPS) is 13.6. The van der Waals surface area contributed by atoms with Crippen LogP contribution in [0.2, 0.25) is 0 Å². The predicted molar refractivity (Wildman–Crippen MR) is 62.4 cm³/mol. The summed E-state index contributed by atoms with van der Waals surface area (Å²) in [7, 11) is 6.17. The van der Waals surface area contributed by atoms with E-state index < -0.39 is 0 Å². The second-order valence-electron chi connectivity index (χ2n) is 3.28. The molecule has 0 fully saturated rings. The molecule has 13 heavy (non-hydrogen) atoms. The van der Waals surface area contributed by atoms with Gasteiger partial charge in [-0.1, -0.05) is 0 Å². The molecule has 1 rings (SSSR count). The molecular weight excluding hydrogens is 248 g/mol. The summed E-state index contributed by atoms with van der Waals surface area (Å²) < 4.78 is 1.21. The van der Waals surface area contributed by atoms with Crippen molar-refractivity contribution in [3.05, 3.63) is 20.8 Å². The number of nitrogens with zero attached hydrogens (tertiary/aromatic N) is 1. The van der Waals surface area contributed by atoms with Crippen LogP contribution in [-0.4, -0.2) is 32.6 Å². The van der Waals surface area contributed by atoms with E-state index in [2.05, 4.69) is 51.0 Å². The van der Waals surface area contributed by atoms with Crippen LogP contribution in [0.5, 0.6) is 0 Å². The molecule has 4 heteroatoms. The van der Waals surface area contributed by atoms with E-state index in [1.54, 1.807) is 11.3 Å². The predicted octanol–water partition coefficient (Wildman–Crippen LogP) is 2.33. The van der Waals surface area contributed by atoms with Crippen LogP contribution in [0.15, 0.2) is 15.2 Å². The van der Waals surface area contributed by atoms with Gasteiger partial charge in [-0.2, -0.15) is 11.3 Å². The van der Waals surface area contributed by atoms with Gasteiger partial charge in [0.2, 0.25) is 0 Å². The van der Waals surface area contributed by atoms with Crippen molar-refractivity contribution < 1.29 is 0 Å². The molecule has 0 saturated heterocycles. The molecule has 0 spiro atoms. The van der Waals surface area contributed by atoms with Gasteiger partial charge in [-0.3, -0.25) is 0 Å². The van der Waals surface area contributed by atoms with Crippen molar-refractivity contribution in [2.75, 3.05) is 27.7 Å². The number of halogens is 1. The summed E-state index contributed by atoms with van der Waals surface area (Å²) in [4.78, 5) is 2.19. The van der Waals surface area contributed by atoms with E-state index in [0.29, 0.717) is 6.04 Å². The van der Waals surface area contributed by atoms with Gasteiger partial charge in [-0.25, -0.2) is 0 Å². The van der Waals surface area contributed by atoms with Crippen molar-refractivity contribution >= 4 is 27.3 Å². The van der Waals surface area contributed by atoms with E-state index in [9.17, 15) is 0 Å². The van der Waals surface area contributed by atoms with E-state index >= 15 is 0 Å². The molecule has 1 heterocycles. The minimum atomic E-state index is 0.413. The first-order chi connectivity index (χ1) is 6.15. The van der Waals surface area contributed by atoms with Crippen molar-refractivity contribution in [2.24, 2.45) is 0 Å². The first kappa shape index (κ1) is 11.2. The molecule has 0 amide bonds. The van der Waals surface area contributed by atoms with Crippen LogP contribution in [0.1, 0.15) is 11.6 Å². The monoisotopic (exact) mass is 262 g/mol. The average molecular weight is 263 g/mol. The maximum atomic E-state index is 3.55. The molecule has 0 aromatic carbocycles. The molecule has 0 saturated carbocycles. The first-order valence-corrected chi connectivity index (χ1v) is 5.92. The molecule has 2 nitrogen and oxygen atoms in total. The lowest BCUT2D eigenvalue weighted by atomic mass is 10.1. The Morgan fingerprint density at radius 3 is 2.62 bits per heavy atom. The number of likely N-dealkylation sites (N-methyl/N-ethyl adjacent to an activating group) is 2. The number of nitrogens with one attached hydrogen (secondary N) is 1. The van der Waals surface area contributed by atoms with Crippen LogP contribution >= 0.6 is 27.3 Å². The van der Waals surface area contributed by atoms with E-state index in [0.717, 1.165) is 6.54 Å². The van der Waals surface area contributed by atoms with E-state index in [1.807, 2.05) is 7.05 Å². The molecule has 0 aliphatic heterocycles. The Morgan fingerprint density at radius 2 is 2.23 bits per heavy atom. The van der Waals surface area contributed by atoms with Gasteiger partial charge in [-0.05, 0) is 48.0 Å². The molecular formula is C9H15BrN2S. The second-order valence-corrected chi connectivity index (χ2v) is 4.88. The van der Waals surface area contributed by atoms with Crippen LogP contribution in [-0.2, 0) is 0 Å². The lowest BCUT2D eigenvalue weighted by molar-refractivity contribution is 0.352. The van der Waals surface area contributed by atoms with Gasteiger partial charge < -0.3 is 10.2 Å². The Balaban J connectivity index is 2.72. The Labute approximate surface area is 92.1 Å². The fourth-order valence-electron chi connectivity index (χ4n) is 1.25. The highest BCUT2D eigenvalue weighted by Crippen LogP contribution is 2.27. The van der Waals surface area contributed by atoms with Crippen LogP contribution < -0.4 is 5.32 Å². The maximum absolute atomic E-state index is 3.55. The maximum Gasteiger partial charge on any atom is 0.0466 e. The third kappa shape index (κ3) is 3.06. The van der Waals surface area contributed by atoms with Crippen molar-refractivity contribution in [1.82, 2.24) is 10.2 Å². The molecule has 74 valence electrons. The van der Waals surface area contributed by atoms with E-state index in [-0.39, 0.29) is 0 Å². The lowest BCUT2D eigenvalue weighted by Gasteiger charge is -2.20. The summed E-state index contributed by atoms with van der Waals surface area (Å²) in [5.41, 5.74) is 1.35. The lowest BCUT2D eigenvalue weighted by Crippen LogP contribution is -2.28. The summed E-state index contributed by atoms with van der Waals surface area (Å²) >= 11 is 5.28. The molecule has 1 aromatic rings. The Bertz CT molecular complexity index is 260. The van der Waals surface area contributed by atoms with Crippen molar-refractivity contribution in [3.63, 3.8) is 0 Å². The van der Waals surface area contributed by atoms with E-state index in [1.165, 1.54) is 10.0 Å². The summed E-state index contributed by atoms with van der Waals surface area (Å²) in [5, 5.41) is 7.62. The Kier molecular flexibility index (Phi) is 4.38. The van der Waals surface area contributed by atoms with E-state index in [4.69, 9.17) is 0 Å². The summed E-state index contributed by atoms with van der Waals surface area (Å²) in [6, 6.07) is 0.413. The largest absolute Gasteiger partial charge is 0.312 e. The topological polar surface area (TPSA) is 15.3 Å². The SMILES string of the molecule is CNC(CN(C)C)c1cscc1Br. The zero-order chi connectivity index (χ0) is 9.84. The highest BCUT2D eigenvalue weighted by molar-refractivity contribution is 9.10. The summed E-state index contributed by atoms with van der Waals surface area (Å²) in [6.07, 6.45) is 0. The molecule has 0 aliphatic rings. The third-order valence-corrected chi connectivity index (χ3v) is 3.67. The minimum Gasteiger partial charge on any atom is -0.312 e. The fourth-order valence-corrected chi connectivity index (χ4v) is 2.88. The second kappa shape index (κ2) is 5.10. The molecule has 1 N–H and O–H groups in total. The Hall–Kier alpha value is 0.100. The first-order valence-electron chi connectivity index (χ1n) is 4.18. The third-order valence-electron chi connectivity index (χ3n) is 1.91. The molecule has 1 atom stereocenters. The van der Waals surface area contributed by atoms with Crippen LogP contribution in [0.4, 0.5) is 0 Å². The standard InChI is InChI=1S/C9H15BrN2S/c1-11-9(4-12(2)3)7-5-13-6-8(7)10/h5-6,9,11H,4H2,1-3H3. The van der Waals surface area contributed by atoms with Gasteiger partial charge in [0.1, 0.15) is 0 Å². The molecule has 1 unspecified atom stereocenters. The van der Waals surface area contributed by atoms with Gasteiger partial charge in [0.25, 0.3) is 0 Å². The molecule has 0 aliphatic carbocycles. The number of rotatable bonds is 4. The molecule has 1 aromatic heterocycles. The van der Waals surface area contributed by atoms with Gasteiger partial charge in [0, 0.05) is 22.4 Å². The highest BCUT2D eigenvalue weighted by atomic mass is 79.9. The average Bonchev–Trinajstić information content (AvgIpc) is 2.47. The number of thiophene rings is 1. The molecule has 0 radical (unpaired) electrons. The van der Waals surface area contributed by atoms with Crippen molar-refractivity contribution in [1.29, 1.82) is 0 Å². The van der Waals surface area contributed by atoms with Crippen molar-refractivity contribution in [3.8, 4) is 0 Å². The number of hydrogen-bond acceptors (Lipinski definition) is 3. The summed E-state index contributed by atoms with van der Waals surface area (Å²) in [5.74, 6) is 0. The van der Waals surface area contributed by atoms with Gasteiger partial charge in [0.15, 0.2) is 0 Å². The smallest absolute Gasteiger partial charge is 0.0466 e. The van der Waals surface area contributed by atoms with Crippen molar-refractivity contribution in [2.45, 2.75) is 6.04 Å². The Morgan fingerprint density at radius 1 is 1.54 bits per heavy atom. The summed E-state index contributed by atoms with van der Waals surface area (Å²) in [6.45, 7) is 1.02. The fraction of sp³-hybridized carbons (Fsp3) is 0.556. The zero-order valence-corrected chi connectivity index (χ0v) is 10.6. The van der Waals surface area contributed by atoms with Crippen LogP contribution in [0, 0.1) is 0 Å². The molecule has 0 bridgehead atoms. The van der Waals surface area contributed by atoms with Gasteiger partial charge in [-0.15, -0.1) is 0 Å². The highest BCUT2D eigenvalue weighted by Gasteiger charge is 2.13. The quantitative estimate of drug-likeness (QED) is 0.897. The minimum absolute atomic E-state index is 0.413. The zero-order valence-electron chi connectivity index (χ0n) is 8.17.